The van der Waals surface area contributed by atoms with Crippen molar-refractivity contribution in [1.29, 1.82) is 0 Å². The first-order chi connectivity index (χ1) is 9.01. The van der Waals surface area contributed by atoms with Gasteiger partial charge < -0.3 is 16.5 Å². The van der Waals surface area contributed by atoms with Crippen LogP contribution < -0.4 is 22.3 Å². The zero-order valence-corrected chi connectivity index (χ0v) is 12.5. The summed E-state index contributed by atoms with van der Waals surface area (Å²) in [6.45, 7) is 0. The second-order valence-corrected chi connectivity index (χ2v) is 5.10. The Morgan fingerprint density at radius 1 is 1.11 bits per heavy atom. The number of anilines is 4. The predicted octanol–water partition coefficient (Wildman–Crippen LogP) is 3.16. The van der Waals surface area contributed by atoms with E-state index in [1.54, 1.807) is 18.2 Å². The van der Waals surface area contributed by atoms with Crippen LogP contribution in [0.3, 0.4) is 0 Å². The maximum Gasteiger partial charge on any atom is 0.223 e. The lowest BCUT2D eigenvalue weighted by atomic mass is 10.3. The van der Waals surface area contributed by atoms with Crippen LogP contribution in [-0.2, 0) is 0 Å². The van der Waals surface area contributed by atoms with Gasteiger partial charge in [-0.3, -0.25) is 0 Å². The zero-order valence-electron chi connectivity index (χ0n) is 9.42. The van der Waals surface area contributed by atoms with Crippen molar-refractivity contribution in [2.45, 2.75) is 0 Å². The molecule has 0 amide bonds. The fourth-order valence-electron chi connectivity index (χ4n) is 1.36. The molecular weight excluding hydrogens is 355 g/mol. The van der Waals surface area contributed by atoms with E-state index in [0.717, 1.165) is 0 Å². The van der Waals surface area contributed by atoms with Crippen LogP contribution in [0.25, 0.3) is 0 Å². The number of hydrazine groups is 1. The Balaban J connectivity index is 2.36. The van der Waals surface area contributed by atoms with Crippen molar-refractivity contribution in [3.63, 3.8) is 0 Å². The number of nitrogens with one attached hydrogen (secondary N) is 2. The smallest absolute Gasteiger partial charge is 0.223 e. The fourth-order valence-corrected chi connectivity index (χ4v) is 2.19. The summed E-state index contributed by atoms with van der Waals surface area (Å²) in [7, 11) is 0. The minimum atomic E-state index is 0.0808. The minimum Gasteiger partial charge on any atom is -0.368 e. The van der Waals surface area contributed by atoms with E-state index < -0.39 is 0 Å². The molecule has 9 heteroatoms. The van der Waals surface area contributed by atoms with Crippen LogP contribution in [0.2, 0.25) is 10.0 Å². The minimum absolute atomic E-state index is 0.0808. The molecular formula is C10H9BrCl2N6. The summed E-state index contributed by atoms with van der Waals surface area (Å²) in [4.78, 5) is 7.89. The van der Waals surface area contributed by atoms with E-state index in [9.17, 15) is 0 Å². The molecule has 2 aromatic rings. The zero-order chi connectivity index (χ0) is 14.0. The molecule has 0 spiro atoms. The van der Waals surface area contributed by atoms with Crippen LogP contribution in [0.5, 0.6) is 0 Å². The third-order valence-corrected chi connectivity index (χ3v) is 3.96. The summed E-state index contributed by atoms with van der Waals surface area (Å²) in [5, 5.41) is 3.77. The van der Waals surface area contributed by atoms with Crippen LogP contribution in [0.15, 0.2) is 22.7 Å². The molecule has 0 saturated carbocycles. The summed E-state index contributed by atoms with van der Waals surface area (Å²) < 4.78 is 0.705. The van der Waals surface area contributed by atoms with Gasteiger partial charge in [0.05, 0.1) is 15.7 Å². The van der Waals surface area contributed by atoms with Crippen LogP contribution in [0.1, 0.15) is 0 Å². The maximum atomic E-state index is 6.12. The summed E-state index contributed by atoms with van der Waals surface area (Å²) in [5.74, 6) is 6.19. The topological polar surface area (TPSA) is 102 Å². The number of rotatable bonds is 3. The summed E-state index contributed by atoms with van der Waals surface area (Å²) in [6.07, 6.45) is 0. The number of hydrogen-bond donors (Lipinski definition) is 4. The van der Waals surface area contributed by atoms with Crippen molar-refractivity contribution in [3.05, 3.63) is 32.7 Å². The van der Waals surface area contributed by atoms with Gasteiger partial charge in [0.15, 0.2) is 0 Å². The lowest BCUT2D eigenvalue weighted by Gasteiger charge is -2.11. The van der Waals surface area contributed by atoms with Gasteiger partial charge in [0.2, 0.25) is 5.95 Å². The second kappa shape index (κ2) is 5.79. The van der Waals surface area contributed by atoms with Gasteiger partial charge in [0.1, 0.15) is 11.6 Å². The molecule has 1 aromatic heterocycles. The number of nitrogen functional groups attached to an aromatic ring is 2. The van der Waals surface area contributed by atoms with E-state index in [2.05, 4.69) is 36.6 Å². The average Bonchev–Trinajstić information content (AvgIpc) is 2.39. The van der Waals surface area contributed by atoms with Crippen molar-refractivity contribution in [2.24, 2.45) is 5.84 Å². The monoisotopic (exact) mass is 362 g/mol. The van der Waals surface area contributed by atoms with Crippen LogP contribution >= 0.6 is 39.1 Å². The van der Waals surface area contributed by atoms with E-state index in [4.69, 9.17) is 34.8 Å². The first-order valence-corrected chi connectivity index (χ1v) is 6.58. The molecule has 2 rings (SSSR count). The first-order valence-electron chi connectivity index (χ1n) is 5.03. The quantitative estimate of drug-likeness (QED) is 0.379. The molecule has 0 fully saturated rings. The number of halogens is 3. The van der Waals surface area contributed by atoms with Crippen molar-refractivity contribution in [3.8, 4) is 0 Å². The SMILES string of the molecule is NNc1cc(Nc2ccc(Br)c(Cl)c2Cl)nc(N)n1. The second-order valence-electron chi connectivity index (χ2n) is 3.49. The average molecular weight is 364 g/mol. The van der Waals surface area contributed by atoms with Crippen molar-refractivity contribution >= 4 is 62.4 Å². The van der Waals surface area contributed by atoms with Crippen molar-refractivity contribution in [1.82, 2.24) is 9.97 Å². The van der Waals surface area contributed by atoms with E-state index >= 15 is 0 Å². The van der Waals surface area contributed by atoms with Gasteiger partial charge in [-0.1, -0.05) is 23.2 Å². The van der Waals surface area contributed by atoms with Crippen LogP contribution in [0.4, 0.5) is 23.3 Å². The maximum absolute atomic E-state index is 6.12. The van der Waals surface area contributed by atoms with Gasteiger partial charge in [0.25, 0.3) is 0 Å². The Labute approximate surface area is 127 Å². The van der Waals surface area contributed by atoms with E-state index in [1.807, 2.05) is 0 Å². The summed E-state index contributed by atoms with van der Waals surface area (Å²) in [6, 6.07) is 5.11. The Kier molecular flexibility index (Phi) is 4.31. The Morgan fingerprint density at radius 2 is 1.79 bits per heavy atom. The first kappa shape index (κ1) is 14.1. The highest BCUT2D eigenvalue weighted by Crippen LogP contribution is 2.37. The van der Waals surface area contributed by atoms with Crippen molar-refractivity contribution < 1.29 is 0 Å². The van der Waals surface area contributed by atoms with E-state index in [-0.39, 0.29) is 5.95 Å². The molecule has 6 N–H and O–H groups in total. The molecule has 0 saturated heterocycles. The lowest BCUT2D eigenvalue weighted by Crippen LogP contribution is -2.11. The van der Waals surface area contributed by atoms with Gasteiger partial charge >= 0.3 is 0 Å². The number of hydrogen-bond acceptors (Lipinski definition) is 6. The molecule has 0 aliphatic carbocycles. The van der Waals surface area contributed by atoms with Crippen molar-refractivity contribution in [2.75, 3.05) is 16.5 Å². The van der Waals surface area contributed by atoms with Crippen LogP contribution in [0, 0.1) is 0 Å². The fraction of sp³-hybridized carbons (Fsp3) is 0. The molecule has 100 valence electrons. The third kappa shape index (κ3) is 3.19. The Morgan fingerprint density at radius 3 is 2.47 bits per heavy atom. The summed E-state index contributed by atoms with van der Waals surface area (Å²) >= 11 is 15.4. The molecule has 0 radical (unpaired) electrons. The molecule has 1 aromatic carbocycles. The number of benzene rings is 1. The molecule has 6 nitrogen and oxygen atoms in total. The highest BCUT2D eigenvalue weighted by atomic mass is 79.9. The Hall–Kier alpha value is -1.28. The van der Waals surface area contributed by atoms with E-state index in [1.165, 1.54) is 0 Å². The molecule has 0 aliphatic rings. The molecule has 0 bridgehead atoms. The largest absolute Gasteiger partial charge is 0.368 e. The molecule has 1 heterocycles. The number of aromatic nitrogens is 2. The van der Waals surface area contributed by atoms with Gasteiger partial charge in [-0.2, -0.15) is 9.97 Å². The molecule has 19 heavy (non-hydrogen) atoms. The third-order valence-electron chi connectivity index (χ3n) is 2.19. The molecule has 0 aliphatic heterocycles. The normalized spacial score (nSPS) is 10.3. The standard InChI is InChI=1S/C10H9BrCl2N6/c11-4-1-2-5(9(13)8(4)12)16-6-3-7(19-15)18-10(14)17-6/h1-3H,15H2,(H4,14,16,17,18,19). The van der Waals surface area contributed by atoms with Gasteiger partial charge in [-0.15, -0.1) is 0 Å². The summed E-state index contributed by atoms with van der Waals surface area (Å²) in [5.41, 5.74) is 8.54. The molecule has 0 atom stereocenters. The number of nitrogens with two attached hydrogens (primary N) is 2. The van der Waals surface area contributed by atoms with Gasteiger partial charge in [-0.25, -0.2) is 5.84 Å². The van der Waals surface area contributed by atoms with Gasteiger partial charge in [0, 0.05) is 10.5 Å². The number of nitrogens with zero attached hydrogens (tertiary/aromatic N) is 2. The highest BCUT2D eigenvalue weighted by Gasteiger charge is 2.10. The van der Waals surface area contributed by atoms with Crippen LogP contribution in [-0.4, -0.2) is 9.97 Å². The highest BCUT2D eigenvalue weighted by molar-refractivity contribution is 9.10. The molecule has 0 unspecified atom stereocenters. The lowest BCUT2D eigenvalue weighted by molar-refractivity contribution is 1.15. The predicted molar refractivity (Wildman–Crippen MR) is 81.7 cm³/mol. The Bertz CT molecular complexity index is 621. The van der Waals surface area contributed by atoms with E-state index in [0.29, 0.717) is 31.8 Å². The van der Waals surface area contributed by atoms with Gasteiger partial charge in [-0.05, 0) is 28.1 Å².